The van der Waals surface area contributed by atoms with Gasteiger partial charge in [-0.15, -0.1) is 0 Å². The molecule has 1 unspecified atom stereocenters. The number of likely N-dealkylation sites (N-methyl/N-ethyl adjacent to an activating group) is 1. The van der Waals surface area contributed by atoms with Gasteiger partial charge in [-0.1, -0.05) is 18.9 Å². The summed E-state index contributed by atoms with van der Waals surface area (Å²) >= 11 is 0. The van der Waals surface area contributed by atoms with E-state index in [1.165, 1.54) is 29.9 Å². The van der Waals surface area contributed by atoms with Crippen LogP contribution < -0.4 is 15.4 Å². The maximum absolute atomic E-state index is 13.2. The Morgan fingerprint density at radius 2 is 2.12 bits per heavy atom. The van der Waals surface area contributed by atoms with Crippen LogP contribution in [0.15, 0.2) is 29.3 Å². The van der Waals surface area contributed by atoms with Crippen LogP contribution in [0.25, 0.3) is 0 Å². The summed E-state index contributed by atoms with van der Waals surface area (Å²) in [5.41, 5.74) is 0. The van der Waals surface area contributed by atoms with Crippen molar-refractivity contribution in [3.63, 3.8) is 0 Å². The molecule has 1 aromatic rings. The number of rotatable bonds is 7. The van der Waals surface area contributed by atoms with E-state index in [2.05, 4.69) is 15.6 Å². The first-order chi connectivity index (χ1) is 12.4. The topological polar surface area (TPSA) is 66.0 Å². The molecule has 0 radical (unpaired) electrons. The van der Waals surface area contributed by atoms with Crippen molar-refractivity contribution in [1.29, 1.82) is 0 Å². The van der Waals surface area contributed by atoms with Gasteiger partial charge in [-0.25, -0.2) is 9.38 Å². The standard InChI is InChI=1S/C19H29FN4O2/c1-14(26-17-10-6-7-15(20)11-17)12-21-19(22-13-18(25)24(2)3)23-16-8-4-5-9-16/h6-7,10-11,14,16H,4-5,8-9,12-13H2,1-3H3,(H2,21,22,23). The molecule has 6 nitrogen and oxygen atoms in total. The Labute approximate surface area is 154 Å². The number of halogens is 1. The predicted octanol–water partition coefficient (Wildman–Crippen LogP) is 2.16. The number of carbonyl (C=O) groups excluding carboxylic acids is 1. The van der Waals surface area contributed by atoms with Crippen LogP contribution >= 0.6 is 0 Å². The fraction of sp³-hybridized carbons (Fsp3) is 0.579. The summed E-state index contributed by atoms with van der Waals surface area (Å²) in [6.45, 7) is 2.48. The van der Waals surface area contributed by atoms with Crippen LogP contribution in [0.2, 0.25) is 0 Å². The van der Waals surface area contributed by atoms with Crippen molar-refractivity contribution in [2.75, 3.05) is 27.2 Å². The first-order valence-corrected chi connectivity index (χ1v) is 9.11. The second-order valence-corrected chi connectivity index (χ2v) is 6.85. The Bertz CT molecular complexity index is 615. The van der Waals surface area contributed by atoms with E-state index in [0.29, 0.717) is 24.3 Å². The second kappa shape index (κ2) is 9.99. The van der Waals surface area contributed by atoms with Crippen molar-refractivity contribution in [3.8, 4) is 5.75 Å². The van der Waals surface area contributed by atoms with Crippen molar-refractivity contribution in [2.24, 2.45) is 4.99 Å². The third kappa shape index (κ3) is 6.90. The molecule has 1 aromatic carbocycles. The van der Waals surface area contributed by atoms with Crippen LogP contribution in [0, 0.1) is 5.82 Å². The molecular formula is C19H29FN4O2. The molecule has 0 aromatic heterocycles. The number of amides is 1. The molecule has 0 heterocycles. The molecule has 0 saturated heterocycles. The Morgan fingerprint density at radius 1 is 1.38 bits per heavy atom. The molecule has 0 bridgehead atoms. The number of carbonyl (C=O) groups is 1. The minimum absolute atomic E-state index is 0.0541. The largest absolute Gasteiger partial charge is 0.489 e. The summed E-state index contributed by atoms with van der Waals surface area (Å²) in [5, 5.41) is 6.62. The van der Waals surface area contributed by atoms with E-state index >= 15 is 0 Å². The van der Waals surface area contributed by atoms with Gasteiger partial charge < -0.3 is 20.3 Å². The number of nitrogens with zero attached hydrogens (tertiary/aromatic N) is 2. The van der Waals surface area contributed by atoms with Gasteiger partial charge in [-0.3, -0.25) is 4.79 Å². The van der Waals surface area contributed by atoms with Crippen molar-refractivity contribution in [1.82, 2.24) is 15.5 Å². The van der Waals surface area contributed by atoms with Gasteiger partial charge in [0.05, 0.1) is 6.54 Å². The molecule has 2 rings (SSSR count). The Kier molecular flexibility index (Phi) is 7.69. The lowest BCUT2D eigenvalue weighted by Gasteiger charge is -2.20. The van der Waals surface area contributed by atoms with Gasteiger partial charge in [0.1, 0.15) is 24.2 Å². The Hall–Kier alpha value is -2.31. The van der Waals surface area contributed by atoms with Gasteiger partial charge in [0.2, 0.25) is 5.91 Å². The lowest BCUT2D eigenvalue weighted by atomic mass is 10.2. The highest BCUT2D eigenvalue weighted by atomic mass is 19.1. The third-order valence-electron chi connectivity index (χ3n) is 4.26. The lowest BCUT2D eigenvalue weighted by Crippen LogP contribution is -2.46. The number of aliphatic imine (C=N–C) groups is 1. The second-order valence-electron chi connectivity index (χ2n) is 6.85. The fourth-order valence-electron chi connectivity index (χ4n) is 2.76. The zero-order chi connectivity index (χ0) is 18.9. The SMILES string of the molecule is CC(CNC(=NCC(=O)N(C)C)NC1CCCC1)Oc1cccc(F)c1. The highest BCUT2D eigenvalue weighted by Crippen LogP contribution is 2.17. The Morgan fingerprint density at radius 3 is 2.77 bits per heavy atom. The van der Waals surface area contributed by atoms with Crippen molar-refractivity contribution in [2.45, 2.75) is 44.8 Å². The molecule has 0 spiro atoms. The van der Waals surface area contributed by atoms with Crippen LogP contribution in [0.4, 0.5) is 4.39 Å². The van der Waals surface area contributed by atoms with Gasteiger partial charge in [0.25, 0.3) is 0 Å². The number of hydrogen-bond acceptors (Lipinski definition) is 3. The fourth-order valence-corrected chi connectivity index (χ4v) is 2.76. The van der Waals surface area contributed by atoms with E-state index in [-0.39, 0.29) is 24.4 Å². The molecule has 144 valence electrons. The van der Waals surface area contributed by atoms with Gasteiger partial charge >= 0.3 is 0 Å². The molecule has 0 aliphatic heterocycles. The molecule has 1 atom stereocenters. The van der Waals surface area contributed by atoms with Gasteiger partial charge in [-0.05, 0) is 31.9 Å². The summed E-state index contributed by atoms with van der Waals surface area (Å²) < 4.78 is 19.0. The van der Waals surface area contributed by atoms with E-state index in [1.54, 1.807) is 26.2 Å². The normalized spacial score (nSPS) is 16.2. The molecule has 26 heavy (non-hydrogen) atoms. The molecule has 7 heteroatoms. The molecule has 1 amide bonds. The maximum Gasteiger partial charge on any atom is 0.243 e. The first-order valence-electron chi connectivity index (χ1n) is 9.11. The van der Waals surface area contributed by atoms with Crippen molar-refractivity contribution >= 4 is 11.9 Å². The summed E-state index contributed by atoms with van der Waals surface area (Å²) in [6.07, 6.45) is 4.45. The number of hydrogen-bond donors (Lipinski definition) is 2. The number of benzene rings is 1. The van der Waals surface area contributed by atoms with Crippen LogP contribution in [0.3, 0.4) is 0 Å². The molecule has 1 aliphatic rings. The van der Waals surface area contributed by atoms with E-state index in [1.807, 2.05) is 6.92 Å². The maximum atomic E-state index is 13.2. The summed E-state index contributed by atoms with van der Waals surface area (Å²) in [7, 11) is 3.43. The highest BCUT2D eigenvalue weighted by Gasteiger charge is 2.17. The summed E-state index contributed by atoms with van der Waals surface area (Å²) in [5.74, 6) is 0.725. The van der Waals surface area contributed by atoms with Gasteiger partial charge in [0, 0.05) is 26.2 Å². The number of guanidine groups is 1. The number of ether oxygens (including phenoxy) is 1. The van der Waals surface area contributed by atoms with E-state index < -0.39 is 0 Å². The zero-order valence-electron chi connectivity index (χ0n) is 15.8. The monoisotopic (exact) mass is 364 g/mol. The van der Waals surface area contributed by atoms with Gasteiger partial charge in [-0.2, -0.15) is 0 Å². The summed E-state index contributed by atoms with van der Waals surface area (Å²) in [6, 6.07) is 6.47. The smallest absolute Gasteiger partial charge is 0.243 e. The quantitative estimate of drug-likeness (QED) is 0.575. The molecule has 1 aliphatic carbocycles. The minimum atomic E-state index is -0.324. The predicted molar refractivity (Wildman–Crippen MR) is 101 cm³/mol. The van der Waals surface area contributed by atoms with Crippen LogP contribution in [0.1, 0.15) is 32.6 Å². The highest BCUT2D eigenvalue weighted by molar-refractivity contribution is 5.84. The van der Waals surface area contributed by atoms with E-state index in [9.17, 15) is 9.18 Å². The average Bonchev–Trinajstić information content (AvgIpc) is 3.10. The van der Waals surface area contributed by atoms with E-state index in [4.69, 9.17) is 4.74 Å². The van der Waals surface area contributed by atoms with Crippen LogP contribution in [-0.4, -0.2) is 56.1 Å². The van der Waals surface area contributed by atoms with Crippen molar-refractivity contribution < 1.29 is 13.9 Å². The van der Waals surface area contributed by atoms with Crippen molar-refractivity contribution in [3.05, 3.63) is 30.1 Å². The number of nitrogens with one attached hydrogen (secondary N) is 2. The first kappa shape index (κ1) is 20.0. The molecular weight excluding hydrogens is 335 g/mol. The third-order valence-corrected chi connectivity index (χ3v) is 4.26. The van der Waals surface area contributed by atoms with Crippen LogP contribution in [0.5, 0.6) is 5.75 Å². The summed E-state index contributed by atoms with van der Waals surface area (Å²) in [4.78, 5) is 17.7. The molecule has 1 fully saturated rings. The zero-order valence-corrected chi connectivity index (χ0v) is 15.8. The molecule has 1 saturated carbocycles. The Balaban J connectivity index is 1.89. The molecule has 2 N–H and O–H groups in total. The minimum Gasteiger partial charge on any atom is -0.489 e. The lowest BCUT2D eigenvalue weighted by molar-refractivity contribution is -0.127. The van der Waals surface area contributed by atoms with Gasteiger partial charge in [0.15, 0.2) is 5.96 Å². The van der Waals surface area contributed by atoms with Crippen LogP contribution in [-0.2, 0) is 4.79 Å². The average molecular weight is 364 g/mol. The van der Waals surface area contributed by atoms with E-state index in [0.717, 1.165) is 12.8 Å².